The molecule has 11 aromatic carbocycles. The Labute approximate surface area is 432 Å². The van der Waals surface area contributed by atoms with Crippen LogP contribution in [0.15, 0.2) is 261 Å². The van der Waals surface area contributed by atoms with Crippen molar-refractivity contribution in [2.24, 2.45) is 0 Å². The molecule has 0 bridgehead atoms. The van der Waals surface area contributed by atoms with Gasteiger partial charge in [-0.25, -0.2) is 0 Å². The lowest BCUT2D eigenvalue weighted by molar-refractivity contribution is 0.661. The van der Waals surface area contributed by atoms with Gasteiger partial charge < -0.3 is 9.47 Å². The van der Waals surface area contributed by atoms with Gasteiger partial charge in [-0.1, -0.05) is 215 Å². The maximum absolute atomic E-state index is 4.59. The van der Waals surface area contributed by atoms with E-state index in [-0.39, 0.29) is 5.41 Å². The summed E-state index contributed by atoms with van der Waals surface area (Å²) in [4.78, 5) is 2.45. The minimum absolute atomic E-state index is 0.163. The van der Waals surface area contributed by atoms with Gasteiger partial charge in [-0.2, -0.15) is 0 Å². The highest BCUT2D eigenvalue weighted by atomic mass is 15.1. The monoisotopic (exact) mass is 944 g/mol. The van der Waals surface area contributed by atoms with E-state index in [0.717, 1.165) is 23.4 Å². The zero-order chi connectivity index (χ0) is 49.5. The van der Waals surface area contributed by atoms with Crippen LogP contribution < -0.4 is 4.90 Å². The smallest absolute Gasteiger partial charge is 0.0541 e. The average molecular weight is 945 g/mol. The predicted octanol–water partition coefficient (Wildman–Crippen LogP) is 19.3. The van der Waals surface area contributed by atoms with Crippen LogP contribution in [0.1, 0.15) is 30.5 Å². The van der Waals surface area contributed by atoms with Crippen molar-refractivity contribution in [3.63, 3.8) is 0 Å². The number of anilines is 2. The normalized spacial score (nSPS) is 14.6. The molecule has 0 fully saturated rings. The molecule has 2 heteroatoms. The summed E-state index contributed by atoms with van der Waals surface area (Å²) in [7, 11) is 0. The molecule has 0 atom stereocenters. The molecule has 0 saturated carbocycles. The number of hydrogen-bond acceptors (Lipinski definition) is 1. The summed E-state index contributed by atoms with van der Waals surface area (Å²) >= 11 is 0. The van der Waals surface area contributed by atoms with Gasteiger partial charge in [0.15, 0.2) is 0 Å². The van der Waals surface area contributed by atoms with Crippen LogP contribution >= 0.6 is 0 Å². The third-order valence-electron chi connectivity index (χ3n) is 16.0. The molecular weight excluding hydrogens is 893 g/mol. The quantitative estimate of drug-likeness (QED) is 0.151. The number of aromatic nitrogens is 1. The molecule has 0 saturated heterocycles. The first kappa shape index (κ1) is 43.5. The SMILES string of the molecule is C=C1/C=C\C=C/CN(c2cc3ccccc3c3ccccc23)c2ccc(-c3ccc(-c4ccc5c(c4)C(C)(C)c4cc(-c6ccc(-c7ccc8c(c7)c7ccccc7n8-c7ccccc7)cc6)ccc4-5)cc3)cc21. The van der Waals surface area contributed by atoms with E-state index in [9.17, 15) is 0 Å². The first-order valence-electron chi connectivity index (χ1n) is 25.8. The molecule has 0 radical (unpaired) electrons. The number of fused-ring (bicyclic) bond motifs is 10. The highest BCUT2D eigenvalue weighted by Gasteiger charge is 2.36. The largest absolute Gasteiger partial charge is 0.337 e. The van der Waals surface area contributed by atoms with Gasteiger partial charge in [0.1, 0.15) is 0 Å². The van der Waals surface area contributed by atoms with Crippen molar-refractivity contribution in [1.29, 1.82) is 0 Å². The summed E-state index contributed by atoms with van der Waals surface area (Å²) in [5, 5.41) is 7.54. The van der Waals surface area contributed by atoms with Crippen molar-refractivity contribution in [3.05, 3.63) is 278 Å². The summed E-state index contributed by atoms with van der Waals surface area (Å²) in [6.07, 6.45) is 8.61. The van der Waals surface area contributed by atoms with Gasteiger partial charge in [-0.05, 0) is 149 Å². The van der Waals surface area contributed by atoms with Gasteiger partial charge >= 0.3 is 0 Å². The van der Waals surface area contributed by atoms with Gasteiger partial charge in [0, 0.05) is 50.7 Å². The molecule has 14 rings (SSSR count). The second kappa shape index (κ2) is 17.2. The van der Waals surface area contributed by atoms with Crippen molar-refractivity contribution in [1.82, 2.24) is 4.57 Å². The molecule has 0 spiro atoms. The van der Waals surface area contributed by atoms with E-state index >= 15 is 0 Å². The summed E-state index contributed by atoms with van der Waals surface area (Å²) in [5.74, 6) is 0. The number of allylic oxidation sites excluding steroid dienone is 4. The summed E-state index contributed by atoms with van der Waals surface area (Å²) in [5.41, 5.74) is 23.0. The molecular formula is C72H52N2. The Morgan fingerprint density at radius 2 is 0.892 bits per heavy atom. The third kappa shape index (κ3) is 7.09. The van der Waals surface area contributed by atoms with Gasteiger partial charge in [0.2, 0.25) is 0 Å². The molecule has 0 unspecified atom stereocenters. The van der Waals surface area contributed by atoms with Crippen molar-refractivity contribution in [3.8, 4) is 61.3 Å². The van der Waals surface area contributed by atoms with Crippen LogP contribution in [0.4, 0.5) is 11.4 Å². The van der Waals surface area contributed by atoms with Crippen LogP contribution in [0.25, 0.3) is 110 Å². The predicted molar refractivity (Wildman–Crippen MR) is 316 cm³/mol. The molecule has 1 aliphatic carbocycles. The lowest BCUT2D eigenvalue weighted by Gasteiger charge is -2.28. The summed E-state index contributed by atoms with van der Waals surface area (Å²) < 4.78 is 2.37. The fourth-order valence-corrected chi connectivity index (χ4v) is 12.1. The van der Waals surface area contributed by atoms with Crippen molar-refractivity contribution in [2.75, 3.05) is 11.4 Å². The lowest BCUT2D eigenvalue weighted by atomic mass is 9.80. The molecule has 2 aliphatic rings. The van der Waals surface area contributed by atoms with Crippen molar-refractivity contribution < 1.29 is 0 Å². The van der Waals surface area contributed by atoms with Crippen LogP contribution in [-0.4, -0.2) is 11.1 Å². The highest BCUT2D eigenvalue weighted by Crippen LogP contribution is 2.51. The fourth-order valence-electron chi connectivity index (χ4n) is 12.1. The molecule has 1 aromatic heterocycles. The first-order chi connectivity index (χ1) is 36.4. The lowest BCUT2D eigenvalue weighted by Crippen LogP contribution is -2.18. The van der Waals surface area contributed by atoms with E-state index in [2.05, 4.69) is 285 Å². The number of para-hydroxylation sites is 2. The Morgan fingerprint density at radius 3 is 1.57 bits per heavy atom. The van der Waals surface area contributed by atoms with Gasteiger partial charge in [-0.3, -0.25) is 0 Å². The molecule has 1 aliphatic heterocycles. The molecule has 350 valence electrons. The van der Waals surface area contributed by atoms with E-state index in [4.69, 9.17) is 0 Å². The topological polar surface area (TPSA) is 8.17 Å². The van der Waals surface area contributed by atoms with Gasteiger partial charge in [-0.15, -0.1) is 0 Å². The zero-order valence-electron chi connectivity index (χ0n) is 41.6. The number of hydrogen-bond donors (Lipinski definition) is 0. The molecule has 0 N–H and O–H groups in total. The Balaban J connectivity index is 0.737. The van der Waals surface area contributed by atoms with Gasteiger partial charge in [0.25, 0.3) is 0 Å². The van der Waals surface area contributed by atoms with E-state index in [1.807, 2.05) is 0 Å². The maximum atomic E-state index is 4.59. The fraction of sp³-hybridized carbons (Fsp3) is 0.0556. The van der Waals surface area contributed by atoms with Crippen LogP contribution in [0.2, 0.25) is 0 Å². The molecule has 2 heterocycles. The molecule has 0 amide bonds. The van der Waals surface area contributed by atoms with Crippen LogP contribution in [0.5, 0.6) is 0 Å². The maximum Gasteiger partial charge on any atom is 0.0541 e. The Morgan fingerprint density at radius 1 is 0.378 bits per heavy atom. The zero-order valence-corrected chi connectivity index (χ0v) is 41.6. The van der Waals surface area contributed by atoms with E-state index in [1.165, 1.54) is 121 Å². The molecule has 74 heavy (non-hydrogen) atoms. The second-order valence-corrected chi connectivity index (χ2v) is 20.5. The van der Waals surface area contributed by atoms with E-state index in [1.54, 1.807) is 0 Å². The number of nitrogens with zero attached hydrogens (tertiary/aromatic N) is 2. The highest BCUT2D eigenvalue weighted by molar-refractivity contribution is 6.14. The van der Waals surface area contributed by atoms with E-state index in [0.29, 0.717) is 0 Å². The minimum Gasteiger partial charge on any atom is -0.337 e. The third-order valence-corrected chi connectivity index (χ3v) is 16.0. The Kier molecular flexibility index (Phi) is 10.1. The Hall–Kier alpha value is -9.24. The van der Waals surface area contributed by atoms with E-state index < -0.39 is 0 Å². The standard InChI is InChI=1S/C72H52N2/c1-47-16-6-5-15-41-73(71-46-56-17-9-10-20-58(56)59-21-11-12-22-62(59)71)68-39-35-52(42-64(47)68)48-25-29-50(30-26-48)54-33-37-60-61-38-34-55(45-67(61)72(2,3)66(60)44-54)51-31-27-49(28-32-51)53-36-40-70-65(43-53)63-23-13-14-24-69(63)74(70)57-18-7-4-8-19-57/h4-40,42-46H,1,41H2,2-3H3/b15-5-,16-6-. The van der Waals surface area contributed by atoms with Gasteiger partial charge in [0.05, 0.1) is 11.0 Å². The van der Waals surface area contributed by atoms with Crippen LogP contribution in [0.3, 0.4) is 0 Å². The van der Waals surface area contributed by atoms with Crippen molar-refractivity contribution >= 4 is 60.3 Å². The molecule has 2 nitrogen and oxygen atoms in total. The van der Waals surface area contributed by atoms with Crippen LogP contribution in [-0.2, 0) is 5.41 Å². The number of rotatable bonds is 6. The van der Waals surface area contributed by atoms with Crippen molar-refractivity contribution in [2.45, 2.75) is 19.3 Å². The summed E-state index contributed by atoms with van der Waals surface area (Å²) in [6.45, 7) is 10.1. The number of benzene rings is 11. The molecule has 12 aromatic rings. The average Bonchev–Trinajstić information content (AvgIpc) is 3.96. The van der Waals surface area contributed by atoms with Crippen LogP contribution in [0, 0.1) is 0 Å². The minimum atomic E-state index is -0.163. The Bertz CT molecular complexity index is 4300. The second-order valence-electron chi connectivity index (χ2n) is 20.5. The first-order valence-corrected chi connectivity index (χ1v) is 25.8. The summed E-state index contributed by atoms with van der Waals surface area (Å²) in [6, 6.07) is 85.4.